The lowest BCUT2D eigenvalue weighted by atomic mass is 10.0. The average molecular weight is 257 g/mol. The highest BCUT2D eigenvalue weighted by Crippen LogP contribution is 2.06. The Morgan fingerprint density at radius 1 is 1.06 bits per heavy atom. The maximum Gasteiger partial charge on any atom is 0.234 e. The van der Waals surface area contributed by atoms with E-state index in [4.69, 9.17) is 0 Å². The second-order valence-electron chi connectivity index (χ2n) is 5.04. The number of carbonyl (C=O) groups excluding carboxylic acids is 2. The molecular weight excluding hydrogens is 230 g/mol. The van der Waals surface area contributed by atoms with Gasteiger partial charge in [-0.15, -0.1) is 0 Å². The fourth-order valence-corrected chi connectivity index (χ4v) is 1.44. The molecule has 0 bridgehead atoms. The molecule has 0 fully saturated rings. The first-order valence-corrected chi connectivity index (χ1v) is 6.64. The Morgan fingerprint density at radius 3 is 2.06 bits per heavy atom. The molecule has 0 spiro atoms. The normalized spacial score (nSPS) is 11.4. The second kappa shape index (κ2) is 8.08. The van der Waals surface area contributed by atoms with Crippen LogP contribution < -0.4 is 10.6 Å². The molecule has 2 N–H and O–H groups in total. The molecule has 0 aromatic carbocycles. The second-order valence-corrected chi connectivity index (χ2v) is 5.04. The monoisotopic (exact) mass is 257 g/mol. The summed E-state index contributed by atoms with van der Waals surface area (Å²) in [5, 5.41) is 5.69. The minimum Gasteiger partial charge on any atom is -0.355 e. The average Bonchev–Trinajstić information content (AvgIpc) is 2.27. The maximum absolute atomic E-state index is 11.8. The van der Waals surface area contributed by atoms with E-state index in [1.807, 2.05) is 39.5 Å². The van der Waals surface area contributed by atoms with Gasteiger partial charge in [0.1, 0.15) is 0 Å². The first kappa shape index (κ1) is 16.9. The minimum absolute atomic E-state index is 0.0343. The quantitative estimate of drug-likeness (QED) is 0.674. The van der Waals surface area contributed by atoms with Crippen molar-refractivity contribution in [3.63, 3.8) is 0 Å². The van der Waals surface area contributed by atoms with E-state index in [1.165, 1.54) is 0 Å². The van der Waals surface area contributed by atoms with Crippen molar-refractivity contribution in [2.75, 3.05) is 26.2 Å². The van der Waals surface area contributed by atoms with E-state index < -0.39 is 0 Å². The lowest BCUT2D eigenvalue weighted by molar-refractivity contribution is -0.125. The molecular formula is C13H27N3O2. The molecule has 106 valence electrons. The predicted octanol–water partition coefficient (Wildman–Crippen LogP) is 0.749. The van der Waals surface area contributed by atoms with Gasteiger partial charge in [-0.05, 0) is 33.7 Å². The molecule has 0 aliphatic rings. The zero-order chi connectivity index (χ0) is 14.2. The van der Waals surface area contributed by atoms with Gasteiger partial charge in [0.05, 0.1) is 13.1 Å². The van der Waals surface area contributed by atoms with E-state index in [1.54, 1.807) is 0 Å². The highest BCUT2D eigenvalue weighted by molar-refractivity contribution is 5.81. The van der Waals surface area contributed by atoms with Gasteiger partial charge in [0, 0.05) is 12.1 Å². The van der Waals surface area contributed by atoms with Crippen LogP contribution in [0, 0.1) is 0 Å². The highest BCUT2D eigenvalue weighted by atomic mass is 16.2. The summed E-state index contributed by atoms with van der Waals surface area (Å²) >= 11 is 0. The van der Waals surface area contributed by atoms with Crippen molar-refractivity contribution in [3.05, 3.63) is 0 Å². The van der Waals surface area contributed by atoms with E-state index in [2.05, 4.69) is 10.6 Å². The molecule has 0 aliphatic carbocycles. The Balaban J connectivity index is 4.20. The van der Waals surface area contributed by atoms with Crippen molar-refractivity contribution in [1.29, 1.82) is 0 Å². The molecule has 2 amide bonds. The molecule has 0 aliphatic heterocycles. The largest absolute Gasteiger partial charge is 0.355 e. The summed E-state index contributed by atoms with van der Waals surface area (Å²) in [6, 6.07) is 0. The van der Waals surface area contributed by atoms with Crippen LogP contribution in [-0.4, -0.2) is 48.4 Å². The van der Waals surface area contributed by atoms with Crippen molar-refractivity contribution in [1.82, 2.24) is 15.5 Å². The van der Waals surface area contributed by atoms with Crippen molar-refractivity contribution >= 4 is 11.8 Å². The Kier molecular flexibility index (Phi) is 7.59. The van der Waals surface area contributed by atoms with E-state index >= 15 is 0 Å². The third kappa shape index (κ3) is 7.27. The van der Waals surface area contributed by atoms with Crippen LogP contribution in [0.5, 0.6) is 0 Å². The lowest BCUT2D eigenvalue weighted by Gasteiger charge is -2.27. The van der Waals surface area contributed by atoms with Gasteiger partial charge in [-0.3, -0.25) is 14.5 Å². The summed E-state index contributed by atoms with van der Waals surface area (Å²) in [6.45, 7) is 11.7. The van der Waals surface area contributed by atoms with Crippen LogP contribution in [0.25, 0.3) is 0 Å². The molecule has 18 heavy (non-hydrogen) atoms. The maximum atomic E-state index is 11.8. The Labute approximate surface area is 110 Å². The number of rotatable bonds is 8. The molecule has 0 atom stereocenters. The van der Waals surface area contributed by atoms with Gasteiger partial charge in [0.2, 0.25) is 11.8 Å². The van der Waals surface area contributed by atoms with Gasteiger partial charge in [-0.1, -0.05) is 13.8 Å². The van der Waals surface area contributed by atoms with Crippen molar-refractivity contribution in [3.8, 4) is 0 Å². The topological polar surface area (TPSA) is 61.4 Å². The van der Waals surface area contributed by atoms with Crippen LogP contribution in [0.3, 0.4) is 0 Å². The molecule has 5 nitrogen and oxygen atoms in total. The van der Waals surface area contributed by atoms with Crippen molar-refractivity contribution in [2.45, 2.75) is 46.6 Å². The van der Waals surface area contributed by atoms with Crippen LogP contribution in [0.2, 0.25) is 0 Å². The summed E-state index contributed by atoms with van der Waals surface area (Å²) in [7, 11) is 0. The molecule has 0 saturated heterocycles. The molecule has 5 heteroatoms. The van der Waals surface area contributed by atoms with Crippen LogP contribution >= 0.6 is 0 Å². The van der Waals surface area contributed by atoms with Gasteiger partial charge in [0.25, 0.3) is 0 Å². The number of carbonyl (C=O) groups is 2. The Morgan fingerprint density at radius 2 is 1.61 bits per heavy atom. The lowest BCUT2D eigenvalue weighted by Crippen LogP contribution is -2.48. The van der Waals surface area contributed by atoms with E-state index in [0.29, 0.717) is 13.1 Å². The van der Waals surface area contributed by atoms with Crippen LogP contribution in [-0.2, 0) is 9.59 Å². The zero-order valence-corrected chi connectivity index (χ0v) is 12.3. The van der Waals surface area contributed by atoms with E-state index in [0.717, 1.165) is 6.42 Å². The van der Waals surface area contributed by atoms with Crippen molar-refractivity contribution < 1.29 is 9.59 Å². The number of hydrogen-bond acceptors (Lipinski definition) is 3. The number of nitrogens with one attached hydrogen (secondary N) is 2. The highest BCUT2D eigenvalue weighted by Gasteiger charge is 2.19. The molecule has 0 rings (SSSR count). The van der Waals surface area contributed by atoms with Gasteiger partial charge >= 0.3 is 0 Å². The third-order valence-electron chi connectivity index (χ3n) is 2.92. The van der Waals surface area contributed by atoms with Gasteiger partial charge < -0.3 is 10.6 Å². The van der Waals surface area contributed by atoms with E-state index in [-0.39, 0.29) is 30.4 Å². The molecule has 0 heterocycles. The standard InChI is InChI=1S/C13H27N3O2/c1-6-13(4,5)15-12(18)10-16(8-3)9-11(17)14-7-2/h6-10H2,1-5H3,(H,14,17)(H,15,18). The molecule has 0 saturated carbocycles. The summed E-state index contributed by atoms with van der Waals surface area (Å²) in [5.74, 6) is -0.0742. The SMILES string of the molecule is CCNC(=O)CN(CC)CC(=O)NC(C)(C)CC. The third-order valence-corrected chi connectivity index (χ3v) is 2.92. The summed E-state index contributed by atoms with van der Waals surface area (Å²) in [5.41, 5.74) is -0.192. The van der Waals surface area contributed by atoms with Crippen LogP contribution in [0.15, 0.2) is 0 Å². The summed E-state index contributed by atoms with van der Waals surface area (Å²) in [4.78, 5) is 25.1. The van der Waals surface area contributed by atoms with E-state index in [9.17, 15) is 9.59 Å². The first-order chi connectivity index (χ1) is 8.34. The Bertz CT molecular complexity index is 277. The molecule has 0 unspecified atom stereocenters. The smallest absolute Gasteiger partial charge is 0.234 e. The fraction of sp³-hybridized carbons (Fsp3) is 0.846. The first-order valence-electron chi connectivity index (χ1n) is 6.64. The number of likely N-dealkylation sites (N-methyl/N-ethyl adjacent to an activating group) is 2. The molecule has 0 aromatic rings. The zero-order valence-electron chi connectivity index (χ0n) is 12.3. The number of nitrogens with zero attached hydrogens (tertiary/aromatic N) is 1. The number of hydrogen-bond donors (Lipinski definition) is 2. The number of amides is 2. The molecule has 0 radical (unpaired) electrons. The predicted molar refractivity (Wildman–Crippen MR) is 73.3 cm³/mol. The van der Waals surface area contributed by atoms with Crippen LogP contribution in [0.1, 0.15) is 41.0 Å². The Hall–Kier alpha value is -1.10. The van der Waals surface area contributed by atoms with Gasteiger partial charge in [0.15, 0.2) is 0 Å². The van der Waals surface area contributed by atoms with Gasteiger partial charge in [-0.25, -0.2) is 0 Å². The van der Waals surface area contributed by atoms with Crippen LogP contribution in [0.4, 0.5) is 0 Å². The van der Waals surface area contributed by atoms with Crippen molar-refractivity contribution in [2.24, 2.45) is 0 Å². The fourth-order valence-electron chi connectivity index (χ4n) is 1.44. The minimum atomic E-state index is -0.192. The summed E-state index contributed by atoms with van der Waals surface area (Å²) < 4.78 is 0. The molecule has 0 aromatic heterocycles. The van der Waals surface area contributed by atoms with Gasteiger partial charge in [-0.2, -0.15) is 0 Å². The summed E-state index contributed by atoms with van der Waals surface area (Å²) in [6.07, 6.45) is 0.876.